The summed E-state index contributed by atoms with van der Waals surface area (Å²) >= 11 is 5.88. The van der Waals surface area contributed by atoms with E-state index < -0.39 is 10.0 Å². The lowest BCUT2D eigenvalue weighted by Crippen LogP contribution is -2.39. The minimum Gasteiger partial charge on any atom is -0.398 e. The molecule has 1 saturated heterocycles. The van der Waals surface area contributed by atoms with Crippen molar-refractivity contribution >= 4 is 27.3 Å². The second-order valence-corrected chi connectivity index (χ2v) is 6.74. The number of ether oxygens (including phenoxy) is 1. The molecule has 19 heavy (non-hydrogen) atoms. The van der Waals surface area contributed by atoms with Gasteiger partial charge in [0.15, 0.2) is 0 Å². The third-order valence-corrected chi connectivity index (χ3v) is 5.06. The summed E-state index contributed by atoms with van der Waals surface area (Å²) in [7, 11) is -3.61. The maximum Gasteiger partial charge on any atom is 0.241 e. The van der Waals surface area contributed by atoms with Crippen molar-refractivity contribution < 1.29 is 13.2 Å². The Morgan fingerprint density at radius 2 is 2.00 bits per heavy atom. The van der Waals surface area contributed by atoms with Gasteiger partial charge in [-0.1, -0.05) is 11.6 Å². The zero-order valence-electron chi connectivity index (χ0n) is 10.6. The van der Waals surface area contributed by atoms with Crippen molar-refractivity contribution in [2.75, 3.05) is 18.9 Å². The van der Waals surface area contributed by atoms with E-state index in [4.69, 9.17) is 22.1 Å². The lowest BCUT2D eigenvalue weighted by molar-refractivity contribution is 0.0832. The molecule has 2 rings (SSSR count). The molecule has 1 aromatic carbocycles. The van der Waals surface area contributed by atoms with Gasteiger partial charge in [-0.2, -0.15) is 0 Å². The van der Waals surface area contributed by atoms with Crippen LogP contribution in [-0.4, -0.2) is 27.7 Å². The van der Waals surface area contributed by atoms with Crippen LogP contribution < -0.4 is 10.5 Å². The standard InChI is InChI=1S/C12H17ClN2O3S/c1-8-11(14)6-9(13)7-12(8)19(16,17)15-10-2-4-18-5-3-10/h6-7,10,15H,2-5,14H2,1H3. The van der Waals surface area contributed by atoms with E-state index in [1.165, 1.54) is 6.07 Å². The molecule has 1 aromatic rings. The monoisotopic (exact) mass is 304 g/mol. The lowest BCUT2D eigenvalue weighted by Gasteiger charge is -2.23. The number of rotatable bonds is 3. The van der Waals surface area contributed by atoms with E-state index in [0.29, 0.717) is 42.3 Å². The summed E-state index contributed by atoms with van der Waals surface area (Å²) in [5.74, 6) is 0. The molecule has 5 nitrogen and oxygen atoms in total. The predicted octanol–water partition coefficient (Wildman–Crippen LogP) is 1.69. The van der Waals surface area contributed by atoms with Crippen LogP contribution in [0.15, 0.2) is 17.0 Å². The van der Waals surface area contributed by atoms with Crippen LogP contribution >= 0.6 is 11.6 Å². The summed E-state index contributed by atoms with van der Waals surface area (Å²) in [4.78, 5) is 0.143. The highest BCUT2D eigenvalue weighted by Crippen LogP contribution is 2.26. The Morgan fingerprint density at radius 1 is 1.37 bits per heavy atom. The third-order valence-electron chi connectivity index (χ3n) is 3.20. The van der Waals surface area contributed by atoms with Crippen LogP contribution in [0.3, 0.4) is 0 Å². The van der Waals surface area contributed by atoms with Gasteiger partial charge in [0, 0.05) is 30.0 Å². The number of nitrogen functional groups attached to an aromatic ring is 1. The first-order chi connectivity index (χ1) is 8.90. The summed E-state index contributed by atoms with van der Waals surface area (Å²) in [6.07, 6.45) is 1.35. The van der Waals surface area contributed by atoms with Crippen LogP contribution in [0.5, 0.6) is 0 Å². The fraction of sp³-hybridized carbons (Fsp3) is 0.500. The number of nitrogens with two attached hydrogens (primary N) is 1. The van der Waals surface area contributed by atoms with Gasteiger partial charge >= 0.3 is 0 Å². The zero-order valence-corrected chi connectivity index (χ0v) is 12.2. The van der Waals surface area contributed by atoms with Crippen molar-refractivity contribution in [2.45, 2.75) is 30.7 Å². The Labute approximate surface area is 118 Å². The second-order valence-electron chi connectivity index (χ2n) is 4.63. The highest BCUT2D eigenvalue weighted by molar-refractivity contribution is 7.89. The molecule has 3 N–H and O–H groups in total. The molecule has 0 unspecified atom stereocenters. The fourth-order valence-corrected chi connectivity index (χ4v) is 3.95. The molecule has 0 aliphatic carbocycles. The number of halogens is 1. The Morgan fingerprint density at radius 3 is 2.63 bits per heavy atom. The molecule has 7 heteroatoms. The number of nitrogens with one attached hydrogen (secondary N) is 1. The highest BCUT2D eigenvalue weighted by Gasteiger charge is 2.24. The smallest absolute Gasteiger partial charge is 0.241 e. The summed E-state index contributed by atoms with van der Waals surface area (Å²) < 4.78 is 32.6. The molecule has 0 atom stereocenters. The first kappa shape index (κ1) is 14.6. The van der Waals surface area contributed by atoms with Crippen molar-refractivity contribution in [2.24, 2.45) is 0 Å². The molecular formula is C12H17ClN2O3S. The molecule has 1 aliphatic heterocycles. The summed E-state index contributed by atoms with van der Waals surface area (Å²) in [6, 6.07) is 2.87. The normalized spacial score (nSPS) is 17.6. The largest absolute Gasteiger partial charge is 0.398 e. The Balaban J connectivity index is 2.28. The molecule has 0 spiro atoms. The van der Waals surface area contributed by atoms with Gasteiger partial charge < -0.3 is 10.5 Å². The molecule has 0 aromatic heterocycles. The molecule has 0 saturated carbocycles. The summed E-state index contributed by atoms with van der Waals surface area (Å²) in [5, 5.41) is 0.315. The van der Waals surface area contributed by atoms with E-state index >= 15 is 0 Å². The molecule has 0 radical (unpaired) electrons. The average Bonchev–Trinajstić information content (AvgIpc) is 2.34. The number of benzene rings is 1. The molecule has 0 amide bonds. The molecule has 1 fully saturated rings. The fourth-order valence-electron chi connectivity index (χ4n) is 2.05. The number of anilines is 1. The van der Waals surface area contributed by atoms with Crippen molar-refractivity contribution in [1.29, 1.82) is 0 Å². The van der Waals surface area contributed by atoms with Gasteiger partial charge in [-0.3, -0.25) is 0 Å². The summed E-state index contributed by atoms with van der Waals surface area (Å²) in [6.45, 7) is 2.82. The second kappa shape index (κ2) is 5.66. The van der Waals surface area contributed by atoms with Crippen molar-refractivity contribution in [3.05, 3.63) is 22.7 Å². The summed E-state index contributed by atoms with van der Waals surface area (Å²) in [5.41, 5.74) is 6.65. The van der Waals surface area contributed by atoms with Gasteiger partial charge in [0.05, 0.1) is 4.90 Å². The average molecular weight is 305 g/mol. The molecule has 1 heterocycles. The minimum absolute atomic E-state index is 0.0987. The minimum atomic E-state index is -3.61. The third kappa shape index (κ3) is 3.39. The van der Waals surface area contributed by atoms with Crippen LogP contribution in [0, 0.1) is 6.92 Å². The molecule has 0 bridgehead atoms. The van der Waals surface area contributed by atoms with Gasteiger partial charge in [0.1, 0.15) is 0 Å². The van der Waals surface area contributed by atoms with Crippen LogP contribution in [0.4, 0.5) is 5.69 Å². The Hall–Kier alpha value is -0.820. The lowest BCUT2D eigenvalue weighted by atomic mass is 10.1. The SMILES string of the molecule is Cc1c(N)cc(Cl)cc1S(=O)(=O)NC1CCOCC1. The number of hydrogen-bond donors (Lipinski definition) is 2. The first-order valence-corrected chi connectivity index (χ1v) is 7.92. The predicted molar refractivity (Wildman–Crippen MR) is 74.8 cm³/mol. The van der Waals surface area contributed by atoms with Crippen molar-refractivity contribution in [3.8, 4) is 0 Å². The van der Waals surface area contributed by atoms with Crippen LogP contribution in [0.1, 0.15) is 18.4 Å². The van der Waals surface area contributed by atoms with Crippen LogP contribution in [0.25, 0.3) is 0 Å². The van der Waals surface area contributed by atoms with E-state index in [-0.39, 0.29) is 10.9 Å². The Bertz CT molecular complexity index is 569. The van der Waals surface area contributed by atoms with E-state index in [9.17, 15) is 8.42 Å². The van der Waals surface area contributed by atoms with Gasteiger partial charge in [-0.05, 0) is 37.5 Å². The van der Waals surface area contributed by atoms with E-state index in [2.05, 4.69) is 4.72 Å². The van der Waals surface area contributed by atoms with Crippen molar-refractivity contribution in [1.82, 2.24) is 4.72 Å². The van der Waals surface area contributed by atoms with Crippen LogP contribution in [-0.2, 0) is 14.8 Å². The number of sulfonamides is 1. The van der Waals surface area contributed by atoms with E-state index in [1.807, 2.05) is 0 Å². The molecular weight excluding hydrogens is 288 g/mol. The molecule has 1 aliphatic rings. The highest BCUT2D eigenvalue weighted by atomic mass is 35.5. The van der Waals surface area contributed by atoms with Gasteiger partial charge in [0.25, 0.3) is 0 Å². The van der Waals surface area contributed by atoms with Gasteiger partial charge in [0.2, 0.25) is 10.0 Å². The van der Waals surface area contributed by atoms with Crippen molar-refractivity contribution in [3.63, 3.8) is 0 Å². The first-order valence-electron chi connectivity index (χ1n) is 6.06. The van der Waals surface area contributed by atoms with Gasteiger partial charge in [-0.25, -0.2) is 13.1 Å². The topological polar surface area (TPSA) is 81.4 Å². The van der Waals surface area contributed by atoms with Gasteiger partial charge in [-0.15, -0.1) is 0 Å². The zero-order chi connectivity index (χ0) is 14.0. The van der Waals surface area contributed by atoms with Crippen LogP contribution in [0.2, 0.25) is 5.02 Å². The number of hydrogen-bond acceptors (Lipinski definition) is 4. The Kier molecular flexibility index (Phi) is 4.35. The molecule has 106 valence electrons. The van der Waals surface area contributed by atoms with E-state index in [1.54, 1.807) is 13.0 Å². The maximum atomic E-state index is 12.4. The van der Waals surface area contributed by atoms with E-state index in [0.717, 1.165) is 0 Å². The quantitative estimate of drug-likeness (QED) is 0.833. The maximum absolute atomic E-state index is 12.4.